The zero-order valence-corrected chi connectivity index (χ0v) is 16.3. The third kappa shape index (κ3) is 2.92. The van der Waals surface area contributed by atoms with Gasteiger partial charge in [0.05, 0.1) is 17.4 Å². The maximum Gasteiger partial charge on any atom is 0.230 e. The summed E-state index contributed by atoms with van der Waals surface area (Å²) in [5, 5.41) is 15.4. The Hall–Kier alpha value is -2.62. The number of aromatic nitrogens is 3. The zero-order valence-electron chi connectivity index (χ0n) is 15.5. The van der Waals surface area contributed by atoms with Gasteiger partial charge in [-0.2, -0.15) is 9.50 Å². The average molecular weight is 399 g/mol. The molecule has 4 aromatic rings. The number of likely N-dealkylation sites (N-methyl/N-ethyl adjacent to an activating group) is 1. The van der Waals surface area contributed by atoms with E-state index in [4.69, 9.17) is 8.83 Å². The lowest BCUT2D eigenvalue weighted by Gasteiger charge is -2.37. The molecule has 1 aliphatic heterocycles. The summed E-state index contributed by atoms with van der Waals surface area (Å²) in [6.45, 7) is 7.04. The normalized spacial score (nSPS) is 17.5. The van der Waals surface area contributed by atoms with E-state index < -0.39 is 0 Å². The minimum atomic E-state index is -0.158. The molecule has 9 heteroatoms. The molecule has 28 heavy (non-hydrogen) atoms. The average Bonchev–Trinajstić information content (AvgIpc) is 3.50. The Morgan fingerprint density at radius 1 is 1.14 bits per heavy atom. The second-order valence-corrected chi connectivity index (χ2v) is 7.79. The number of furan rings is 2. The van der Waals surface area contributed by atoms with Crippen molar-refractivity contribution in [3.05, 3.63) is 47.4 Å². The number of fused-ring (bicyclic) bond motifs is 1. The van der Waals surface area contributed by atoms with Crippen LogP contribution in [-0.2, 0) is 0 Å². The van der Waals surface area contributed by atoms with Crippen LogP contribution in [0, 0.1) is 0 Å². The molecule has 0 radical (unpaired) electrons. The van der Waals surface area contributed by atoms with Crippen molar-refractivity contribution in [1.29, 1.82) is 0 Å². The standard InChI is InChI=1S/C19H21N5O3S/c1-2-22-7-9-23(10-8-22)15(13-5-3-11-26-13)16-18(25)24-19(28-16)20-17(21-24)14-6-4-12-27-14/h3-6,11-12,15,25H,2,7-10H2,1H3/t15-/m1/s1. The molecule has 1 aliphatic rings. The smallest absolute Gasteiger partial charge is 0.230 e. The van der Waals surface area contributed by atoms with Gasteiger partial charge < -0.3 is 18.8 Å². The summed E-state index contributed by atoms with van der Waals surface area (Å²) in [6.07, 6.45) is 3.26. The highest BCUT2D eigenvalue weighted by molar-refractivity contribution is 7.17. The van der Waals surface area contributed by atoms with Gasteiger partial charge in [-0.15, -0.1) is 5.10 Å². The molecule has 1 atom stereocenters. The highest BCUT2D eigenvalue weighted by Crippen LogP contribution is 2.40. The van der Waals surface area contributed by atoms with Gasteiger partial charge in [-0.25, -0.2) is 0 Å². The van der Waals surface area contributed by atoms with Crippen molar-refractivity contribution >= 4 is 16.3 Å². The third-order valence-corrected chi connectivity index (χ3v) is 6.29. The predicted molar refractivity (Wildman–Crippen MR) is 104 cm³/mol. The summed E-state index contributed by atoms with van der Waals surface area (Å²) < 4.78 is 12.6. The van der Waals surface area contributed by atoms with Gasteiger partial charge in [-0.1, -0.05) is 18.3 Å². The van der Waals surface area contributed by atoms with Crippen LogP contribution < -0.4 is 0 Å². The van der Waals surface area contributed by atoms with Gasteiger partial charge in [-0.05, 0) is 30.8 Å². The van der Waals surface area contributed by atoms with Gasteiger partial charge >= 0.3 is 0 Å². The number of thiazole rings is 1. The summed E-state index contributed by atoms with van der Waals surface area (Å²) in [5.41, 5.74) is 0. The Labute approximate surface area is 165 Å². The Kier molecular flexibility index (Phi) is 4.42. The van der Waals surface area contributed by atoms with Crippen LogP contribution >= 0.6 is 11.3 Å². The summed E-state index contributed by atoms with van der Waals surface area (Å²) in [6, 6.07) is 7.28. The fourth-order valence-corrected chi connectivity index (χ4v) is 4.80. The van der Waals surface area contributed by atoms with Crippen LogP contribution in [0.5, 0.6) is 5.88 Å². The molecule has 0 unspecified atom stereocenters. The molecule has 146 valence electrons. The molecule has 8 nitrogen and oxygen atoms in total. The molecule has 5 heterocycles. The number of hydrogen-bond acceptors (Lipinski definition) is 8. The molecule has 1 saturated heterocycles. The van der Waals surface area contributed by atoms with Crippen molar-refractivity contribution in [2.75, 3.05) is 32.7 Å². The molecule has 4 aromatic heterocycles. The van der Waals surface area contributed by atoms with Crippen LogP contribution in [0.3, 0.4) is 0 Å². The number of rotatable bonds is 5. The summed E-state index contributed by atoms with van der Waals surface area (Å²) >= 11 is 1.43. The van der Waals surface area contributed by atoms with Crippen LogP contribution in [0.1, 0.15) is 23.6 Å². The summed E-state index contributed by atoms with van der Waals surface area (Å²) in [5.74, 6) is 1.96. The number of piperazine rings is 1. The van der Waals surface area contributed by atoms with E-state index in [1.54, 1.807) is 24.7 Å². The van der Waals surface area contributed by atoms with Crippen molar-refractivity contribution in [3.63, 3.8) is 0 Å². The van der Waals surface area contributed by atoms with Gasteiger partial charge in [-0.3, -0.25) is 4.90 Å². The summed E-state index contributed by atoms with van der Waals surface area (Å²) in [4.78, 5) is 10.7. The van der Waals surface area contributed by atoms with E-state index in [9.17, 15) is 5.11 Å². The second kappa shape index (κ2) is 7.08. The van der Waals surface area contributed by atoms with Crippen molar-refractivity contribution < 1.29 is 13.9 Å². The topological polar surface area (TPSA) is 83.2 Å². The molecule has 0 bridgehead atoms. The molecule has 0 aliphatic carbocycles. The van der Waals surface area contributed by atoms with Gasteiger partial charge in [0, 0.05) is 26.2 Å². The molecule has 0 aromatic carbocycles. The lowest BCUT2D eigenvalue weighted by atomic mass is 10.1. The second-order valence-electron chi connectivity index (χ2n) is 6.79. The maximum atomic E-state index is 11.0. The van der Waals surface area contributed by atoms with Crippen molar-refractivity contribution in [1.82, 2.24) is 24.4 Å². The van der Waals surface area contributed by atoms with Gasteiger partial charge in [0.15, 0.2) is 5.76 Å². The largest absolute Gasteiger partial charge is 0.492 e. The Morgan fingerprint density at radius 2 is 1.93 bits per heavy atom. The first kappa shape index (κ1) is 17.5. The van der Waals surface area contributed by atoms with Crippen LogP contribution in [0.25, 0.3) is 16.5 Å². The third-order valence-electron chi connectivity index (χ3n) is 5.22. The zero-order chi connectivity index (χ0) is 19.1. The molecule has 0 saturated carbocycles. The van der Waals surface area contributed by atoms with Crippen LogP contribution in [-0.4, -0.2) is 62.2 Å². The molecule has 0 spiro atoms. The van der Waals surface area contributed by atoms with E-state index in [-0.39, 0.29) is 11.9 Å². The predicted octanol–water partition coefficient (Wildman–Crippen LogP) is 3.08. The maximum absolute atomic E-state index is 11.0. The number of aromatic hydroxyl groups is 1. The fourth-order valence-electron chi connectivity index (χ4n) is 3.70. The highest BCUT2D eigenvalue weighted by atomic mass is 32.1. The minimum Gasteiger partial charge on any atom is -0.492 e. The van der Waals surface area contributed by atoms with E-state index >= 15 is 0 Å². The minimum absolute atomic E-state index is 0.102. The van der Waals surface area contributed by atoms with E-state index in [0.717, 1.165) is 43.4 Å². The summed E-state index contributed by atoms with van der Waals surface area (Å²) in [7, 11) is 0. The molecule has 1 N–H and O–H groups in total. The molecule has 0 amide bonds. The Morgan fingerprint density at radius 3 is 2.57 bits per heavy atom. The lowest BCUT2D eigenvalue weighted by molar-refractivity contribution is 0.105. The van der Waals surface area contributed by atoms with Crippen molar-refractivity contribution in [2.24, 2.45) is 0 Å². The lowest BCUT2D eigenvalue weighted by Crippen LogP contribution is -2.47. The molecular weight excluding hydrogens is 378 g/mol. The first-order valence-corrected chi connectivity index (χ1v) is 10.2. The molecular formula is C19H21N5O3S. The fraction of sp³-hybridized carbons (Fsp3) is 0.368. The Balaban J connectivity index is 1.53. The SMILES string of the molecule is CCN1CCN([C@H](c2ccco2)c2sc3nc(-c4ccco4)nn3c2O)CC1. The molecule has 1 fully saturated rings. The monoisotopic (exact) mass is 399 g/mol. The van der Waals surface area contributed by atoms with Crippen LogP contribution in [0.15, 0.2) is 45.6 Å². The molecule has 5 rings (SSSR count). The van der Waals surface area contributed by atoms with E-state index in [2.05, 4.69) is 26.8 Å². The Bertz CT molecular complexity index is 1050. The van der Waals surface area contributed by atoms with E-state index in [0.29, 0.717) is 16.5 Å². The first-order valence-electron chi connectivity index (χ1n) is 9.36. The van der Waals surface area contributed by atoms with Crippen LogP contribution in [0.4, 0.5) is 0 Å². The van der Waals surface area contributed by atoms with Gasteiger partial charge in [0.25, 0.3) is 0 Å². The van der Waals surface area contributed by atoms with Crippen molar-refractivity contribution in [3.8, 4) is 17.5 Å². The number of hydrogen-bond donors (Lipinski definition) is 1. The van der Waals surface area contributed by atoms with Crippen molar-refractivity contribution in [2.45, 2.75) is 13.0 Å². The van der Waals surface area contributed by atoms with E-state index in [1.165, 1.54) is 15.9 Å². The van der Waals surface area contributed by atoms with Gasteiger partial charge in [0.1, 0.15) is 11.8 Å². The highest BCUT2D eigenvalue weighted by Gasteiger charge is 2.33. The van der Waals surface area contributed by atoms with E-state index in [1.807, 2.05) is 12.1 Å². The first-order chi connectivity index (χ1) is 13.7. The number of nitrogens with zero attached hydrogens (tertiary/aromatic N) is 5. The quantitative estimate of drug-likeness (QED) is 0.552. The van der Waals surface area contributed by atoms with Gasteiger partial charge in [0.2, 0.25) is 16.7 Å². The van der Waals surface area contributed by atoms with Crippen LogP contribution in [0.2, 0.25) is 0 Å².